The van der Waals surface area contributed by atoms with E-state index in [9.17, 15) is 14.7 Å². The highest BCUT2D eigenvalue weighted by Crippen LogP contribution is 2.31. The minimum absolute atomic E-state index is 0.0631. The average Bonchev–Trinajstić information content (AvgIpc) is 2.76. The Kier molecular flexibility index (Phi) is 8.78. The molecule has 1 saturated carbocycles. The number of benzene rings is 1. The van der Waals surface area contributed by atoms with Gasteiger partial charge in [-0.1, -0.05) is 13.0 Å². The maximum atomic E-state index is 12.9. The molecule has 1 aromatic carbocycles. The van der Waals surface area contributed by atoms with E-state index >= 15 is 0 Å². The molecule has 2 fully saturated rings. The molecule has 3 rings (SSSR count). The summed E-state index contributed by atoms with van der Waals surface area (Å²) in [5.41, 5.74) is 1.05. The van der Waals surface area contributed by atoms with E-state index in [1.807, 2.05) is 30.9 Å². The first kappa shape index (κ1) is 24.1. The van der Waals surface area contributed by atoms with Crippen LogP contribution in [0.3, 0.4) is 0 Å². The Labute approximate surface area is 194 Å². The summed E-state index contributed by atoms with van der Waals surface area (Å²) in [7, 11) is 0. The van der Waals surface area contributed by atoms with Crippen LogP contribution in [0.1, 0.15) is 51.5 Å². The molecule has 1 aliphatic heterocycles. The van der Waals surface area contributed by atoms with Crippen molar-refractivity contribution in [1.82, 2.24) is 9.80 Å². The number of esters is 1. The number of carbonyl (C=O) groups is 2. The zero-order valence-corrected chi connectivity index (χ0v) is 20.3. The first-order valence-corrected chi connectivity index (χ1v) is 12.3. The van der Waals surface area contributed by atoms with Gasteiger partial charge in [0.25, 0.3) is 0 Å². The van der Waals surface area contributed by atoms with Gasteiger partial charge >= 0.3 is 5.97 Å². The first-order chi connectivity index (χ1) is 14.9. The second kappa shape index (κ2) is 11.3. The molecule has 1 saturated heterocycles. The van der Waals surface area contributed by atoms with Crippen molar-refractivity contribution in [3.63, 3.8) is 0 Å². The van der Waals surface area contributed by atoms with E-state index < -0.39 is 0 Å². The van der Waals surface area contributed by atoms with E-state index in [2.05, 4.69) is 20.8 Å². The minimum atomic E-state index is -0.0821. The lowest BCUT2D eigenvalue weighted by Crippen LogP contribution is -2.53. The second-order valence-corrected chi connectivity index (χ2v) is 9.79. The van der Waals surface area contributed by atoms with Gasteiger partial charge in [-0.25, -0.2) is 0 Å². The number of piperazine rings is 1. The van der Waals surface area contributed by atoms with Crippen molar-refractivity contribution in [3.05, 3.63) is 28.2 Å². The van der Waals surface area contributed by atoms with Gasteiger partial charge in [0.05, 0.1) is 11.1 Å². The average molecular weight is 495 g/mol. The fourth-order valence-electron chi connectivity index (χ4n) is 4.91. The maximum Gasteiger partial charge on any atom is 0.306 e. The van der Waals surface area contributed by atoms with Crippen LogP contribution in [0.2, 0.25) is 0 Å². The van der Waals surface area contributed by atoms with Crippen LogP contribution in [0.5, 0.6) is 5.75 Å². The minimum Gasteiger partial charge on any atom is -0.507 e. The van der Waals surface area contributed by atoms with E-state index in [0.29, 0.717) is 35.9 Å². The molecule has 7 heteroatoms. The molecule has 31 heavy (non-hydrogen) atoms. The zero-order valence-electron chi connectivity index (χ0n) is 18.7. The number of amides is 1. The number of nitrogens with zero attached hydrogens (tertiary/aromatic N) is 2. The highest BCUT2D eigenvalue weighted by molar-refractivity contribution is 9.10. The topological polar surface area (TPSA) is 70.1 Å². The van der Waals surface area contributed by atoms with Crippen LogP contribution in [-0.4, -0.2) is 65.6 Å². The molecule has 0 radical (unpaired) electrons. The summed E-state index contributed by atoms with van der Waals surface area (Å²) in [5.74, 6) is 0.739. The third-order valence-corrected chi connectivity index (χ3v) is 7.33. The Balaban J connectivity index is 1.41. The first-order valence-electron chi connectivity index (χ1n) is 11.5. The Morgan fingerprint density at radius 2 is 1.84 bits per heavy atom. The molecule has 0 spiro atoms. The highest BCUT2D eigenvalue weighted by atomic mass is 79.9. The van der Waals surface area contributed by atoms with E-state index in [0.717, 1.165) is 57.4 Å². The molecule has 2 aliphatic rings. The van der Waals surface area contributed by atoms with Gasteiger partial charge < -0.3 is 14.7 Å². The predicted octanol–water partition coefficient (Wildman–Crippen LogP) is 3.99. The van der Waals surface area contributed by atoms with Gasteiger partial charge in [0, 0.05) is 44.6 Å². The number of rotatable bonds is 7. The van der Waals surface area contributed by atoms with Crippen molar-refractivity contribution in [2.45, 2.75) is 58.4 Å². The van der Waals surface area contributed by atoms with E-state index in [4.69, 9.17) is 4.74 Å². The summed E-state index contributed by atoms with van der Waals surface area (Å²) in [4.78, 5) is 29.2. The Morgan fingerprint density at radius 3 is 2.45 bits per heavy atom. The molecular formula is C24H35BrN2O4. The number of hydrogen-bond donors (Lipinski definition) is 1. The molecule has 6 nitrogen and oxygen atoms in total. The maximum absolute atomic E-state index is 12.9. The molecule has 0 bridgehead atoms. The highest BCUT2D eigenvalue weighted by Gasteiger charge is 2.31. The van der Waals surface area contributed by atoms with E-state index in [1.54, 1.807) is 6.07 Å². The van der Waals surface area contributed by atoms with Crippen LogP contribution in [-0.2, 0) is 20.7 Å². The summed E-state index contributed by atoms with van der Waals surface area (Å²) < 4.78 is 5.75. The molecule has 1 aliphatic carbocycles. The monoisotopic (exact) mass is 494 g/mol. The van der Waals surface area contributed by atoms with Crippen molar-refractivity contribution in [3.8, 4) is 5.75 Å². The second-order valence-electron chi connectivity index (χ2n) is 8.94. The van der Waals surface area contributed by atoms with E-state index in [-0.39, 0.29) is 23.5 Å². The third-order valence-electron chi connectivity index (χ3n) is 6.69. The van der Waals surface area contributed by atoms with Crippen LogP contribution < -0.4 is 0 Å². The van der Waals surface area contributed by atoms with Crippen LogP contribution in [0.15, 0.2) is 22.7 Å². The molecular weight excluding hydrogens is 460 g/mol. The van der Waals surface area contributed by atoms with Gasteiger partial charge in [-0.3, -0.25) is 14.5 Å². The molecule has 1 N–H and O–H groups in total. The van der Waals surface area contributed by atoms with E-state index in [1.165, 1.54) is 0 Å². The quantitative estimate of drug-likeness (QED) is 0.580. The summed E-state index contributed by atoms with van der Waals surface area (Å²) >= 11 is 3.34. The molecule has 1 heterocycles. The van der Waals surface area contributed by atoms with Crippen molar-refractivity contribution >= 4 is 27.8 Å². The Bertz CT molecular complexity index is 756. The summed E-state index contributed by atoms with van der Waals surface area (Å²) in [6.45, 7) is 7.72. The van der Waals surface area contributed by atoms with Gasteiger partial charge in [-0.15, -0.1) is 0 Å². The van der Waals surface area contributed by atoms with Gasteiger partial charge in [0.1, 0.15) is 5.75 Å². The SMILES string of the molecule is CCOC(=O)CC1CCC(N2CCN(C(=O)[C@H](C)Cc3ccc(O)c(Br)c3)CC2)CC1. The number of halogens is 1. The molecule has 0 unspecified atom stereocenters. The lowest BCUT2D eigenvalue weighted by molar-refractivity contribution is -0.144. The fraction of sp³-hybridized carbons (Fsp3) is 0.667. The normalized spacial score (nSPS) is 23.4. The van der Waals surface area contributed by atoms with Crippen molar-refractivity contribution < 1.29 is 19.4 Å². The molecule has 172 valence electrons. The molecule has 1 atom stereocenters. The number of phenols is 1. The van der Waals surface area contributed by atoms with Crippen LogP contribution in [0, 0.1) is 11.8 Å². The van der Waals surface area contributed by atoms with Gasteiger partial charge in [-0.05, 0) is 78.6 Å². The van der Waals surface area contributed by atoms with Gasteiger partial charge in [0.2, 0.25) is 5.91 Å². The van der Waals surface area contributed by atoms with Crippen molar-refractivity contribution in [2.24, 2.45) is 11.8 Å². The Morgan fingerprint density at radius 1 is 1.16 bits per heavy atom. The smallest absolute Gasteiger partial charge is 0.306 e. The fourth-order valence-corrected chi connectivity index (χ4v) is 5.33. The summed E-state index contributed by atoms with van der Waals surface area (Å²) in [6, 6.07) is 5.99. The number of ether oxygens (including phenoxy) is 1. The lowest BCUT2D eigenvalue weighted by Gasteiger charge is -2.42. The summed E-state index contributed by atoms with van der Waals surface area (Å²) in [5, 5.41) is 9.65. The van der Waals surface area contributed by atoms with Crippen LogP contribution in [0.25, 0.3) is 0 Å². The third kappa shape index (κ3) is 6.69. The zero-order chi connectivity index (χ0) is 22.4. The van der Waals surface area contributed by atoms with Crippen LogP contribution in [0.4, 0.5) is 0 Å². The number of aromatic hydroxyl groups is 1. The molecule has 1 aromatic rings. The number of phenolic OH excluding ortho intramolecular Hbond substituents is 1. The summed E-state index contributed by atoms with van der Waals surface area (Å²) in [6.07, 6.45) is 5.65. The predicted molar refractivity (Wildman–Crippen MR) is 124 cm³/mol. The Hall–Kier alpha value is -1.60. The van der Waals surface area contributed by atoms with Crippen LogP contribution >= 0.6 is 15.9 Å². The molecule has 1 amide bonds. The lowest BCUT2D eigenvalue weighted by atomic mass is 9.83. The largest absolute Gasteiger partial charge is 0.507 e. The standard InChI is InChI=1S/C24H35BrN2O4/c1-3-31-23(29)16-18-4-7-20(8-5-18)26-10-12-27(13-11-26)24(30)17(2)14-19-6-9-22(28)21(25)15-19/h6,9,15,17-18,20,28H,3-5,7-8,10-14,16H2,1-2H3/t17-,18?,20?/m1/s1. The number of hydrogen-bond acceptors (Lipinski definition) is 5. The number of carbonyl (C=O) groups excluding carboxylic acids is 2. The molecule has 0 aromatic heterocycles. The van der Waals surface area contributed by atoms with Crippen molar-refractivity contribution in [1.29, 1.82) is 0 Å². The van der Waals surface area contributed by atoms with Crippen molar-refractivity contribution in [2.75, 3.05) is 32.8 Å². The van der Waals surface area contributed by atoms with Gasteiger partial charge in [0.15, 0.2) is 0 Å². The van der Waals surface area contributed by atoms with Gasteiger partial charge in [-0.2, -0.15) is 0 Å².